The molecule has 2 nitrogen and oxygen atoms in total. The highest BCUT2D eigenvalue weighted by molar-refractivity contribution is 6.23. The summed E-state index contributed by atoms with van der Waals surface area (Å²) < 4.78 is 0. The molecule has 0 aromatic carbocycles. The summed E-state index contributed by atoms with van der Waals surface area (Å²) in [6, 6.07) is 0. The van der Waals surface area contributed by atoms with Crippen molar-refractivity contribution in [3.05, 3.63) is 11.6 Å². The second-order valence-electron chi connectivity index (χ2n) is 1.41. The summed E-state index contributed by atoms with van der Waals surface area (Å²) in [6.45, 7) is 0. The quantitative estimate of drug-likeness (QED) is 0.513. The second-order valence-corrected chi connectivity index (χ2v) is 1.94. The van der Waals surface area contributed by atoms with Gasteiger partial charge in [0.1, 0.15) is 0 Å². The van der Waals surface area contributed by atoms with Crippen molar-refractivity contribution in [2.75, 3.05) is 11.8 Å². The highest BCUT2D eigenvalue weighted by Gasteiger charge is 1.95. The molecule has 0 bridgehead atoms. The highest BCUT2D eigenvalue weighted by Crippen LogP contribution is 1.99. The number of carboxylic acids is 1. The van der Waals surface area contributed by atoms with Crippen LogP contribution in [0.3, 0.4) is 0 Å². The number of halogens is 2. The van der Waals surface area contributed by atoms with Crippen LogP contribution in [0.4, 0.5) is 0 Å². The second kappa shape index (κ2) is 4.65. The molecule has 52 valence electrons. The Morgan fingerprint density at radius 1 is 1.44 bits per heavy atom. The van der Waals surface area contributed by atoms with Crippen LogP contribution in [-0.2, 0) is 4.79 Å². The fraction of sp³-hybridized carbons (Fsp3) is 0.400. The van der Waals surface area contributed by atoms with Gasteiger partial charge in [-0.1, -0.05) is 0 Å². The summed E-state index contributed by atoms with van der Waals surface area (Å²) in [5.74, 6) is -0.655. The van der Waals surface area contributed by atoms with Gasteiger partial charge in [0.15, 0.2) is 0 Å². The van der Waals surface area contributed by atoms with Crippen molar-refractivity contribution in [2.45, 2.75) is 0 Å². The minimum absolute atomic E-state index is 0.176. The Kier molecular flexibility index (Phi) is 4.54. The predicted octanol–water partition coefficient (Wildman–Crippen LogP) is 1.48. The van der Waals surface area contributed by atoms with Gasteiger partial charge < -0.3 is 5.11 Å². The molecule has 0 amide bonds. The number of hydrogen-bond acceptors (Lipinski definition) is 1. The van der Waals surface area contributed by atoms with Crippen LogP contribution in [0.5, 0.6) is 0 Å². The van der Waals surface area contributed by atoms with E-state index in [-0.39, 0.29) is 11.8 Å². The molecule has 0 saturated carbocycles. The molecule has 0 fully saturated rings. The van der Waals surface area contributed by atoms with Crippen LogP contribution in [0.1, 0.15) is 0 Å². The normalized spacial score (nSPS) is 8.67. The first-order valence-electron chi connectivity index (χ1n) is 2.25. The lowest BCUT2D eigenvalue weighted by atomic mass is 10.3. The van der Waals surface area contributed by atoms with E-state index in [0.29, 0.717) is 5.57 Å². The Morgan fingerprint density at radius 3 is 2.00 bits per heavy atom. The molecule has 9 heavy (non-hydrogen) atoms. The Hall–Kier alpha value is -0.210. The molecule has 0 aromatic rings. The number of carbonyl (C=O) groups is 1. The number of hydrogen-bond donors (Lipinski definition) is 1. The average Bonchev–Trinajstić information content (AvgIpc) is 1.82. The van der Waals surface area contributed by atoms with Crippen molar-refractivity contribution in [1.82, 2.24) is 0 Å². The van der Waals surface area contributed by atoms with Crippen LogP contribution in [0, 0.1) is 0 Å². The van der Waals surface area contributed by atoms with E-state index in [1.807, 2.05) is 0 Å². The molecule has 0 atom stereocenters. The zero-order valence-corrected chi connectivity index (χ0v) is 6.11. The van der Waals surface area contributed by atoms with Gasteiger partial charge in [0, 0.05) is 17.8 Å². The summed E-state index contributed by atoms with van der Waals surface area (Å²) >= 11 is 10.6. The van der Waals surface area contributed by atoms with Gasteiger partial charge in [-0.05, 0) is 5.57 Å². The Morgan fingerprint density at radius 2 is 1.89 bits per heavy atom. The number of allylic oxidation sites excluding steroid dienone is 1. The van der Waals surface area contributed by atoms with Crippen LogP contribution in [0.2, 0.25) is 0 Å². The van der Waals surface area contributed by atoms with Gasteiger partial charge >= 0.3 is 5.97 Å². The fourth-order valence-corrected chi connectivity index (χ4v) is 0.728. The maximum absolute atomic E-state index is 9.93. The van der Waals surface area contributed by atoms with Crippen molar-refractivity contribution in [3.8, 4) is 0 Å². The third-order valence-corrected chi connectivity index (χ3v) is 1.36. The Labute approximate surface area is 63.1 Å². The molecule has 0 spiro atoms. The van der Waals surface area contributed by atoms with Crippen LogP contribution < -0.4 is 0 Å². The molecule has 0 aliphatic heterocycles. The highest BCUT2D eigenvalue weighted by atomic mass is 35.5. The molecule has 0 aromatic heterocycles. The van der Waals surface area contributed by atoms with Crippen molar-refractivity contribution in [1.29, 1.82) is 0 Å². The van der Waals surface area contributed by atoms with E-state index in [2.05, 4.69) is 0 Å². The number of aliphatic carboxylic acids is 1. The summed E-state index contributed by atoms with van der Waals surface area (Å²) in [7, 11) is 0. The topological polar surface area (TPSA) is 37.3 Å². The van der Waals surface area contributed by atoms with E-state index in [9.17, 15) is 4.79 Å². The standard InChI is InChI=1S/C5H6Cl2O2/c6-2-4(3-7)1-5(8)9/h1H,2-3H2,(H,8,9). The largest absolute Gasteiger partial charge is 0.478 e. The maximum atomic E-state index is 9.93. The monoisotopic (exact) mass is 168 g/mol. The first kappa shape index (κ1) is 8.79. The fourth-order valence-electron chi connectivity index (χ4n) is 0.287. The lowest BCUT2D eigenvalue weighted by molar-refractivity contribution is -0.131. The van der Waals surface area contributed by atoms with Crippen molar-refractivity contribution in [3.63, 3.8) is 0 Å². The van der Waals surface area contributed by atoms with E-state index in [1.54, 1.807) is 0 Å². The van der Waals surface area contributed by atoms with E-state index >= 15 is 0 Å². The maximum Gasteiger partial charge on any atom is 0.328 e. The SMILES string of the molecule is O=C(O)C=C(CCl)CCl. The van der Waals surface area contributed by atoms with Crippen LogP contribution >= 0.6 is 23.2 Å². The summed E-state index contributed by atoms with van der Waals surface area (Å²) in [6.07, 6.45) is 1.01. The van der Waals surface area contributed by atoms with Gasteiger partial charge in [-0.25, -0.2) is 4.79 Å². The van der Waals surface area contributed by atoms with Crippen molar-refractivity contribution < 1.29 is 9.90 Å². The van der Waals surface area contributed by atoms with E-state index < -0.39 is 5.97 Å². The van der Waals surface area contributed by atoms with Gasteiger partial charge in [0.05, 0.1) is 0 Å². The van der Waals surface area contributed by atoms with Gasteiger partial charge in [0.25, 0.3) is 0 Å². The van der Waals surface area contributed by atoms with Crippen LogP contribution in [-0.4, -0.2) is 22.8 Å². The number of rotatable bonds is 3. The first-order valence-corrected chi connectivity index (χ1v) is 3.32. The van der Waals surface area contributed by atoms with E-state index in [1.165, 1.54) is 0 Å². The third kappa shape index (κ3) is 4.30. The smallest absolute Gasteiger partial charge is 0.328 e. The zero-order chi connectivity index (χ0) is 7.28. The van der Waals surface area contributed by atoms with Crippen molar-refractivity contribution >= 4 is 29.2 Å². The summed E-state index contributed by atoms with van der Waals surface area (Å²) in [5, 5.41) is 8.15. The van der Waals surface area contributed by atoms with Crippen LogP contribution in [0.15, 0.2) is 11.6 Å². The van der Waals surface area contributed by atoms with E-state index in [4.69, 9.17) is 28.3 Å². The molecule has 0 unspecified atom stereocenters. The minimum atomic E-state index is -1.01. The van der Waals surface area contributed by atoms with Gasteiger partial charge in [0.2, 0.25) is 0 Å². The number of carboxylic acid groups (broad SMARTS) is 1. The molecular formula is C5H6Cl2O2. The van der Waals surface area contributed by atoms with Crippen molar-refractivity contribution in [2.24, 2.45) is 0 Å². The molecule has 0 rings (SSSR count). The first-order chi connectivity index (χ1) is 4.20. The average molecular weight is 169 g/mol. The number of alkyl halides is 2. The Bertz CT molecular complexity index is 125. The van der Waals surface area contributed by atoms with Gasteiger partial charge in [-0.3, -0.25) is 0 Å². The molecule has 0 heterocycles. The molecule has 0 radical (unpaired) electrons. The van der Waals surface area contributed by atoms with Gasteiger partial charge in [-0.15, -0.1) is 23.2 Å². The minimum Gasteiger partial charge on any atom is -0.478 e. The lowest BCUT2D eigenvalue weighted by Gasteiger charge is -1.91. The molecule has 1 N–H and O–H groups in total. The summed E-state index contributed by atoms with van der Waals surface area (Å²) in [4.78, 5) is 9.93. The zero-order valence-electron chi connectivity index (χ0n) is 4.60. The third-order valence-electron chi connectivity index (χ3n) is 0.671. The Balaban J connectivity index is 3.91. The summed E-state index contributed by atoms with van der Waals surface area (Å²) in [5.41, 5.74) is 0.519. The lowest BCUT2D eigenvalue weighted by Crippen LogP contribution is -1.94. The van der Waals surface area contributed by atoms with Gasteiger partial charge in [-0.2, -0.15) is 0 Å². The molecule has 0 saturated heterocycles. The van der Waals surface area contributed by atoms with Crippen LogP contribution in [0.25, 0.3) is 0 Å². The molecular weight excluding hydrogens is 163 g/mol. The molecule has 0 aliphatic rings. The molecule has 0 aliphatic carbocycles. The predicted molar refractivity (Wildman–Crippen MR) is 37.2 cm³/mol. The van der Waals surface area contributed by atoms with E-state index in [0.717, 1.165) is 6.08 Å². The molecule has 4 heteroatoms.